The number of anilines is 1. The second kappa shape index (κ2) is 4.18. The molecule has 0 amide bonds. The van der Waals surface area contributed by atoms with Gasteiger partial charge in [-0.3, -0.25) is 0 Å². The van der Waals surface area contributed by atoms with Gasteiger partial charge in [0, 0.05) is 21.1 Å². The Hall–Kier alpha value is -1.29. The predicted molar refractivity (Wildman–Crippen MR) is 74.8 cm³/mol. The van der Waals surface area contributed by atoms with Crippen LogP contribution in [0.3, 0.4) is 0 Å². The van der Waals surface area contributed by atoms with Crippen LogP contribution in [-0.4, -0.2) is 9.97 Å². The third kappa shape index (κ3) is 2.52. The molecule has 0 unspecified atom stereocenters. The fraction of sp³-hybridized carbons (Fsp3) is 0.308. The molecular formula is C13H16BrN3. The average molecular weight is 294 g/mol. The number of hydrogen-bond donors (Lipinski definition) is 2. The first-order valence-electron chi connectivity index (χ1n) is 5.50. The van der Waals surface area contributed by atoms with E-state index in [1.54, 1.807) is 0 Å². The number of imidazole rings is 1. The van der Waals surface area contributed by atoms with Gasteiger partial charge in [-0.2, -0.15) is 0 Å². The molecule has 2 aromatic rings. The lowest BCUT2D eigenvalue weighted by atomic mass is 9.89. The number of halogens is 1. The van der Waals surface area contributed by atoms with Crippen molar-refractivity contribution in [3.05, 3.63) is 34.4 Å². The monoisotopic (exact) mass is 293 g/mol. The minimum absolute atomic E-state index is 0.00692. The van der Waals surface area contributed by atoms with Crippen LogP contribution in [0.15, 0.2) is 28.7 Å². The van der Waals surface area contributed by atoms with Crippen LogP contribution in [-0.2, 0) is 5.41 Å². The molecule has 0 saturated heterocycles. The van der Waals surface area contributed by atoms with E-state index in [-0.39, 0.29) is 5.41 Å². The molecule has 2 rings (SSSR count). The Balaban J connectivity index is 2.55. The molecule has 3 nitrogen and oxygen atoms in total. The molecule has 1 heterocycles. The van der Waals surface area contributed by atoms with Crippen LogP contribution in [0.1, 0.15) is 26.5 Å². The first-order valence-corrected chi connectivity index (χ1v) is 6.29. The van der Waals surface area contributed by atoms with Gasteiger partial charge in [-0.15, -0.1) is 0 Å². The highest BCUT2D eigenvalue weighted by atomic mass is 79.9. The maximum Gasteiger partial charge on any atom is 0.198 e. The molecule has 1 aromatic heterocycles. The summed E-state index contributed by atoms with van der Waals surface area (Å²) in [5.41, 5.74) is 8.84. The fourth-order valence-electron chi connectivity index (χ4n) is 1.75. The maximum absolute atomic E-state index is 5.77. The second-order valence-electron chi connectivity index (χ2n) is 5.10. The van der Waals surface area contributed by atoms with Crippen LogP contribution in [0.4, 0.5) is 5.95 Å². The Morgan fingerprint density at radius 1 is 1.18 bits per heavy atom. The van der Waals surface area contributed by atoms with Gasteiger partial charge in [0.15, 0.2) is 5.95 Å². The minimum atomic E-state index is -0.00692. The molecule has 0 aliphatic heterocycles. The van der Waals surface area contributed by atoms with Crippen molar-refractivity contribution in [2.24, 2.45) is 0 Å². The number of aromatic nitrogens is 2. The summed E-state index contributed by atoms with van der Waals surface area (Å²) in [4.78, 5) is 7.54. The number of nitrogens with two attached hydrogens (primary N) is 1. The molecule has 4 heteroatoms. The number of H-pyrrole nitrogens is 1. The normalized spacial score (nSPS) is 11.8. The summed E-state index contributed by atoms with van der Waals surface area (Å²) >= 11 is 3.43. The molecule has 0 aliphatic carbocycles. The van der Waals surface area contributed by atoms with E-state index in [4.69, 9.17) is 5.73 Å². The van der Waals surface area contributed by atoms with E-state index in [1.165, 1.54) is 0 Å². The van der Waals surface area contributed by atoms with Crippen LogP contribution in [0.2, 0.25) is 0 Å². The molecule has 0 bridgehead atoms. The Morgan fingerprint density at radius 2 is 1.76 bits per heavy atom. The number of rotatable bonds is 1. The molecule has 0 spiro atoms. The summed E-state index contributed by atoms with van der Waals surface area (Å²) in [5.74, 6) is 0.466. The highest BCUT2D eigenvalue weighted by molar-refractivity contribution is 9.10. The quantitative estimate of drug-likeness (QED) is 0.842. The largest absolute Gasteiger partial charge is 0.369 e. The predicted octanol–water partition coefficient (Wildman–Crippen LogP) is 3.72. The van der Waals surface area contributed by atoms with Gasteiger partial charge in [-0.1, -0.05) is 48.8 Å². The van der Waals surface area contributed by atoms with Gasteiger partial charge in [0.1, 0.15) is 0 Å². The van der Waals surface area contributed by atoms with Crippen LogP contribution < -0.4 is 5.73 Å². The second-order valence-corrected chi connectivity index (χ2v) is 6.02. The summed E-state index contributed by atoms with van der Waals surface area (Å²) in [5, 5.41) is 0. The van der Waals surface area contributed by atoms with Gasteiger partial charge in [-0.05, 0) is 12.1 Å². The standard InChI is InChI=1S/C13H16BrN3/c1-13(2,3)11-10(16-12(15)17-11)8-4-6-9(14)7-5-8/h4-7H,1-3H3,(H3,15,16,17). The number of hydrogen-bond acceptors (Lipinski definition) is 2. The lowest BCUT2D eigenvalue weighted by molar-refractivity contribution is 0.574. The van der Waals surface area contributed by atoms with Crippen molar-refractivity contribution in [1.82, 2.24) is 9.97 Å². The van der Waals surface area contributed by atoms with E-state index in [0.717, 1.165) is 21.4 Å². The molecule has 0 saturated carbocycles. The van der Waals surface area contributed by atoms with Crippen molar-refractivity contribution in [2.75, 3.05) is 5.73 Å². The molecule has 0 radical (unpaired) electrons. The number of nitrogens with zero attached hydrogens (tertiary/aromatic N) is 1. The number of nitrogen functional groups attached to an aromatic ring is 1. The molecule has 1 aromatic carbocycles. The first-order chi connectivity index (χ1) is 7.88. The maximum atomic E-state index is 5.77. The summed E-state index contributed by atoms with van der Waals surface area (Å²) in [6, 6.07) is 8.09. The van der Waals surface area contributed by atoms with Gasteiger partial charge >= 0.3 is 0 Å². The van der Waals surface area contributed by atoms with Crippen molar-refractivity contribution in [3.8, 4) is 11.3 Å². The van der Waals surface area contributed by atoms with E-state index in [1.807, 2.05) is 24.3 Å². The zero-order chi connectivity index (χ0) is 12.6. The van der Waals surface area contributed by atoms with Crippen molar-refractivity contribution in [2.45, 2.75) is 26.2 Å². The van der Waals surface area contributed by atoms with Crippen LogP contribution in [0, 0.1) is 0 Å². The van der Waals surface area contributed by atoms with Crippen molar-refractivity contribution >= 4 is 21.9 Å². The third-order valence-corrected chi connectivity index (χ3v) is 3.12. The lowest BCUT2D eigenvalue weighted by Gasteiger charge is -2.18. The first kappa shape index (κ1) is 12.2. The van der Waals surface area contributed by atoms with E-state index >= 15 is 0 Å². The van der Waals surface area contributed by atoms with Crippen LogP contribution in [0.5, 0.6) is 0 Å². The average Bonchev–Trinajstić information content (AvgIpc) is 2.61. The van der Waals surface area contributed by atoms with Gasteiger partial charge in [0.2, 0.25) is 0 Å². The Bertz CT molecular complexity index is 521. The summed E-state index contributed by atoms with van der Waals surface area (Å²) in [6.07, 6.45) is 0. The van der Waals surface area contributed by atoms with Crippen molar-refractivity contribution in [3.63, 3.8) is 0 Å². The molecule has 17 heavy (non-hydrogen) atoms. The van der Waals surface area contributed by atoms with E-state index in [9.17, 15) is 0 Å². The molecule has 3 N–H and O–H groups in total. The molecule has 0 aliphatic rings. The smallest absolute Gasteiger partial charge is 0.198 e. The van der Waals surface area contributed by atoms with Crippen LogP contribution >= 0.6 is 15.9 Å². The summed E-state index contributed by atoms with van der Waals surface area (Å²) in [7, 11) is 0. The number of benzene rings is 1. The van der Waals surface area contributed by atoms with Crippen LogP contribution in [0.25, 0.3) is 11.3 Å². The third-order valence-electron chi connectivity index (χ3n) is 2.59. The molecule has 0 fully saturated rings. The van der Waals surface area contributed by atoms with Gasteiger partial charge in [-0.25, -0.2) is 4.98 Å². The van der Waals surface area contributed by atoms with Crippen molar-refractivity contribution in [1.29, 1.82) is 0 Å². The number of nitrogens with one attached hydrogen (secondary N) is 1. The van der Waals surface area contributed by atoms with E-state index < -0.39 is 0 Å². The SMILES string of the molecule is CC(C)(C)c1[nH]c(N)nc1-c1ccc(Br)cc1. The zero-order valence-corrected chi connectivity index (χ0v) is 11.8. The van der Waals surface area contributed by atoms with Gasteiger partial charge in [0.25, 0.3) is 0 Å². The Kier molecular flexibility index (Phi) is 3.00. The molecule has 90 valence electrons. The summed E-state index contributed by atoms with van der Waals surface area (Å²) < 4.78 is 1.06. The minimum Gasteiger partial charge on any atom is -0.369 e. The lowest BCUT2D eigenvalue weighted by Crippen LogP contribution is -2.13. The van der Waals surface area contributed by atoms with E-state index in [0.29, 0.717) is 5.95 Å². The molecule has 0 atom stereocenters. The topological polar surface area (TPSA) is 54.7 Å². The molecular weight excluding hydrogens is 278 g/mol. The highest BCUT2D eigenvalue weighted by Crippen LogP contribution is 2.32. The summed E-state index contributed by atoms with van der Waals surface area (Å²) in [6.45, 7) is 6.42. The Morgan fingerprint density at radius 3 is 2.29 bits per heavy atom. The van der Waals surface area contributed by atoms with E-state index in [2.05, 4.69) is 46.7 Å². The van der Waals surface area contributed by atoms with Crippen molar-refractivity contribution < 1.29 is 0 Å². The highest BCUT2D eigenvalue weighted by Gasteiger charge is 2.22. The zero-order valence-electron chi connectivity index (χ0n) is 10.2. The van der Waals surface area contributed by atoms with Gasteiger partial charge in [0.05, 0.1) is 5.69 Å². The van der Waals surface area contributed by atoms with Gasteiger partial charge < -0.3 is 10.7 Å². The fourth-order valence-corrected chi connectivity index (χ4v) is 2.02. The Labute approximate surface area is 110 Å². The number of aromatic amines is 1.